The molecule has 218 valence electrons. The maximum absolute atomic E-state index is 14.9. The summed E-state index contributed by atoms with van der Waals surface area (Å²) in [5.41, 5.74) is 9.89. The van der Waals surface area contributed by atoms with Gasteiger partial charge in [-0.05, 0) is 42.3 Å². The van der Waals surface area contributed by atoms with Gasteiger partial charge in [0, 0.05) is 42.3 Å². The largest absolute Gasteiger partial charge is 0.476 e. The first-order chi connectivity index (χ1) is 20.3. The summed E-state index contributed by atoms with van der Waals surface area (Å²) in [6.45, 7) is 2.43. The number of carbonyl (C=O) groups is 2. The molecule has 0 aliphatic carbocycles. The van der Waals surface area contributed by atoms with Crippen LogP contribution in [0.3, 0.4) is 0 Å². The number of aromatic nitrogens is 3. The number of nitrogens with one attached hydrogen (secondary N) is 3. The molecule has 0 saturated heterocycles. The van der Waals surface area contributed by atoms with E-state index in [0.29, 0.717) is 35.7 Å². The topological polar surface area (TPSA) is 189 Å². The number of imidazole rings is 1. The molecule has 0 saturated carbocycles. The number of anilines is 2. The summed E-state index contributed by atoms with van der Waals surface area (Å²) in [7, 11) is 0. The monoisotopic (exact) mass is 579 g/mol. The molecule has 2 heterocycles. The van der Waals surface area contributed by atoms with E-state index >= 15 is 0 Å². The number of halogens is 2. The zero-order valence-corrected chi connectivity index (χ0v) is 22.9. The predicted molar refractivity (Wildman–Crippen MR) is 148 cm³/mol. The van der Waals surface area contributed by atoms with Gasteiger partial charge in [0.1, 0.15) is 12.6 Å². The molecule has 0 fully saturated rings. The van der Waals surface area contributed by atoms with E-state index in [-0.39, 0.29) is 41.9 Å². The molecule has 9 N–H and O–H groups in total. The molecule has 0 radical (unpaired) electrons. The maximum atomic E-state index is 14.9. The predicted octanol–water partition coefficient (Wildman–Crippen LogP) is 0.581. The second-order valence-electron chi connectivity index (χ2n) is 9.18. The highest BCUT2D eigenvalue weighted by molar-refractivity contribution is 5.96. The average molecular weight is 580 g/mol. The number of quaternary nitrogens is 2. The van der Waals surface area contributed by atoms with Crippen LogP contribution in [0.15, 0.2) is 48.9 Å². The van der Waals surface area contributed by atoms with Crippen molar-refractivity contribution in [3.8, 4) is 23.1 Å². The molecule has 4 rings (SSSR count). The number of benzene rings is 2. The average Bonchev–Trinajstić information content (AvgIpc) is 3.44. The van der Waals surface area contributed by atoms with Crippen LogP contribution in [0.4, 0.5) is 20.3 Å². The Balaban J connectivity index is 1.51. The molecule has 14 heteroatoms. The minimum Gasteiger partial charge on any atom is -0.476 e. The Morgan fingerprint density at radius 3 is 2.67 bits per heavy atom. The highest BCUT2D eigenvalue weighted by Gasteiger charge is 2.20. The van der Waals surface area contributed by atoms with Gasteiger partial charge in [0.15, 0.2) is 29.6 Å². The molecular weight excluding hydrogens is 548 g/mol. The van der Waals surface area contributed by atoms with Crippen molar-refractivity contribution in [2.45, 2.75) is 19.4 Å². The Kier molecular flexibility index (Phi) is 9.58. The van der Waals surface area contributed by atoms with Gasteiger partial charge in [0.05, 0.1) is 11.9 Å². The lowest BCUT2D eigenvalue weighted by atomic mass is 10.0. The smallest absolute Gasteiger partial charge is 0.284 e. The number of hydrogen-bond acceptors (Lipinski definition) is 7. The Bertz CT molecular complexity index is 1650. The Labute approximate surface area is 239 Å². The first kappa shape index (κ1) is 29.8. The summed E-state index contributed by atoms with van der Waals surface area (Å²) < 4.78 is 36.0. The van der Waals surface area contributed by atoms with Crippen LogP contribution in [0.5, 0.6) is 5.75 Å². The summed E-state index contributed by atoms with van der Waals surface area (Å²) in [4.78, 5) is 33.3. The van der Waals surface area contributed by atoms with Gasteiger partial charge in [0.25, 0.3) is 11.8 Å². The van der Waals surface area contributed by atoms with Crippen molar-refractivity contribution in [1.82, 2.24) is 25.0 Å². The lowest BCUT2D eigenvalue weighted by Crippen LogP contribution is -2.77. The molecule has 0 spiro atoms. The molecule has 2 aromatic heterocycles. The number of ether oxygens (including phenoxy) is 1. The van der Waals surface area contributed by atoms with Crippen molar-refractivity contribution >= 4 is 29.0 Å². The standard InChI is InChI=1S/C28H29F2N9O3/c1-2-16-13-17(3-4-18(16)27(40)35-8-9-36-28(41)20(33)14-32)38-25-26-37-15-21(39(26)11-10-34-25)19-5-6-22(42-12-7-31)24(30)23(19)29/h3-6,10-11,13,15,20H,2,8-9,12,14,32-33H2,1H3,(H,34,38)(H,35,40)(H,36,41)/p+2/t20-/m0/s1. The molecule has 0 bridgehead atoms. The summed E-state index contributed by atoms with van der Waals surface area (Å²) >= 11 is 0. The third-order valence-corrected chi connectivity index (χ3v) is 6.47. The summed E-state index contributed by atoms with van der Waals surface area (Å²) in [6, 6.07) is 9.12. The molecule has 42 heavy (non-hydrogen) atoms. The van der Waals surface area contributed by atoms with Crippen LogP contribution >= 0.6 is 0 Å². The van der Waals surface area contributed by atoms with Gasteiger partial charge in [-0.1, -0.05) is 6.92 Å². The summed E-state index contributed by atoms with van der Waals surface area (Å²) in [6.07, 6.45) is 5.05. The van der Waals surface area contributed by atoms with Crippen LogP contribution in [0.1, 0.15) is 22.8 Å². The molecular formula is C28H31F2N9O3+2. The molecule has 0 unspecified atom stereocenters. The van der Waals surface area contributed by atoms with Gasteiger partial charge >= 0.3 is 0 Å². The van der Waals surface area contributed by atoms with Crippen LogP contribution < -0.4 is 32.2 Å². The van der Waals surface area contributed by atoms with E-state index in [2.05, 4.69) is 37.4 Å². The Hall–Kier alpha value is -5.13. The third-order valence-electron chi connectivity index (χ3n) is 6.47. The number of aryl methyl sites for hydroxylation is 1. The summed E-state index contributed by atoms with van der Waals surface area (Å²) in [5.74, 6) is -2.82. The SMILES string of the molecule is CCc1cc(Nc2nccn3c(-c4ccc(OCC#N)c(F)c4F)cnc23)ccc1C(=O)NCCNC(=O)[C@@H]([NH3+])C[NH3+]. The highest BCUT2D eigenvalue weighted by Crippen LogP contribution is 2.32. The van der Waals surface area contributed by atoms with Gasteiger partial charge in [-0.25, -0.2) is 14.4 Å². The van der Waals surface area contributed by atoms with Crippen molar-refractivity contribution in [3.05, 3.63) is 71.7 Å². The van der Waals surface area contributed by atoms with Gasteiger partial charge in [-0.3, -0.25) is 14.0 Å². The van der Waals surface area contributed by atoms with Crippen LogP contribution in [-0.4, -0.2) is 58.5 Å². The number of amides is 2. The zero-order chi connectivity index (χ0) is 30.2. The molecule has 0 aliphatic rings. The van der Waals surface area contributed by atoms with E-state index in [4.69, 9.17) is 10.00 Å². The molecule has 0 aliphatic heterocycles. The Morgan fingerprint density at radius 2 is 1.93 bits per heavy atom. The highest BCUT2D eigenvalue weighted by atomic mass is 19.2. The maximum Gasteiger partial charge on any atom is 0.284 e. The van der Waals surface area contributed by atoms with E-state index in [1.807, 2.05) is 13.0 Å². The van der Waals surface area contributed by atoms with Crippen LogP contribution in [-0.2, 0) is 11.2 Å². The molecule has 1 atom stereocenters. The van der Waals surface area contributed by atoms with Crippen molar-refractivity contribution < 1.29 is 34.6 Å². The molecule has 2 aromatic carbocycles. The fraction of sp³-hybridized carbons (Fsp3) is 0.250. The van der Waals surface area contributed by atoms with E-state index in [1.54, 1.807) is 28.8 Å². The van der Waals surface area contributed by atoms with Crippen LogP contribution in [0, 0.1) is 23.0 Å². The molecule has 12 nitrogen and oxygen atoms in total. The number of fused-ring (bicyclic) bond motifs is 1. The van der Waals surface area contributed by atoms with Crippen molar-refractivity contribution in [1.29, 1.82) is 5.26 Å². The van der Waals surface area contributed by atoms with E-state index in [1.165, 1.54) is 24.5 Å². The van der Waals surface area contributed by atoms with Crippen molar-refractivity contribution in [2.75, 3.05) is 31.6 Å². The minimum absolute atomic E-state index is 0.0433. The fourth-order valence-electron chi connectivity index (χ4n) is 4.21. The van der Waals surface area contributed by atoms with Crippen molar-refractivity contribution in [2.24, 2.45) is 0 Å². The zero-order valence-electron chi connectivity index (χ0n) is 22.9. The number of hydrogen-bond donors (Lipinski definition) is 5. The number of nitriles is 1. The van der Waals surface area contributed by atoms with E-state index < -0.39 is 24.3 Å². The van der Waals surface area contributed by atoms with E-state index in [0.717, 1.165) is 5.56 Å². The van der Waals surface area contributed by atoms with Crippen LogP contribution in [0.25, 0.3) is 16.9 Å². The lowest BCUT2D eigenvalue weighted by molar-refractivity contribution is -0.479. The Morgan fingerprint density at radius 1 is 1.14 bits per heavy atom. The summed E-state index contributed by atoms with van der Waals surface area (Å²) in [5, 5.41) is 17.3. The molecule has 2 amide bonds. The fourth-order valence-corrected chi connectivity index (χ4v) is 4.21. The normalized spacial score (nSPS) is 11.5. The van der Waals surface area contributed by atoms with E-state index in [9.17, 15) is 18.4 Å². The second kappa shape index (κ2) is 13.5. The number of nitrogens with zero attached hydrogens (tertiary/aromatic N) is 4. The van der Waals surface area contributed by atoms with Crippen LogP contribution in [0.2, 0.25) is 0 Å². The van der Waals surface area contributed by atoms with Crippen molar-refractivity contribution in [3.63, 3.8) is 0 Å². The second-order valence-corrected chi connectivity index (χ2v) is 9.18. The quantitative estimate of drug-likeness (QED) is 0.152. The molecule has 4 aromatic rings. The number of carbonyl (C=O) groups excluding carboxylic acids is 2. The van der Waals surface area contributed by atoms with Gasteiger partial charge in [-0.2, -0.15) is 9.65 Å². The van der Waals surface area contributed by atoms with Gasteiger partial charge < -0.3 is 32.2 Å². The first-order valence-corrected chi connectivity index (χ1v) is 13.2. The van der Waals surface area contributed by atoms with Gasteiger partial charge in [0.2, 0.25) is 11.9 Å². The lowest BCUT2D eigenvalue weighted by Gasteiger charge is -2.13. The third kappa shape index (κ3) is 6.43. The van der Waals surface area contributed by atoms with Gasteiger partial charge in [-0.15, -0.1) is 0 Å². The minimum atomic E-state index is -1.20. The number of rotatable bonds is 12. The first-order valence-electron chi connectivity index (χ1n) is 13.2.